The Balaban J connectivity index is 3.05. The molecule has 0 saturated carbocycles. The molecule has 0 aliphatic heterocycles. The van der Waals surface area contributed by atoms with Crippen molar-refractivity contribution >= 4 is 23.4 Å². The predicted molar refractivity (Wildman–Crippen MR) is 64.0 cm³/mol. The normalized spacial score (nSPS) is 10.6. The van der Waals surface area contributed by atoms with E-state index in [0.717, 1.165) is 0 Å². The highest BCUT2D eigenvalue weighted by Crippen LogP contribution is 2.25. The molecule has 86 valence electrons. The molecule has 4 nitrogen and oxygen atoms in total. The maximum atomic E-state index is 10.8. The summed E-state index contributed by atoms with van der Waals surface area (Å²) in [5.41, 5.74) is 0.584. The molecule has 1 aromatic rings. The van der Waals surface area contributed by atoms with Crippen molar-refractivity contribution in [2.24, 2.45) is 0 Å². The summed E-state index contributed by atoms with van der Waals surface area (Å²) in [5, 5.41) is 10.8. The Morgan fingerprint density at radius 2 is 2.31 bits per heavy atom. The number of alkyl halides is 1. The second kappa shape index (κ2) is 6.12. The van der Waals surface area contributed by atoms with Crippen LogP contribution in [0.1, 0.15) is 12.0 Å². The number of allylic oxidation sites excluding steroid dienone is 1. The summed E-state index contributed by atoms with van der Waals surface area (Å²) < 4.78 is 5.01. The third-order valence-electron chi connectivity index (χ3n) is 2.00. The summed E-state index contributed by atoms with van der Waals surface area (Å²) in [4.78, 5) is 10.3. The Kier molecular flexibility index (Phi) is 4.79. The molecule has 1 rings (SSSR count). The first-order valence-electron chi connectivity index (χ1n) is 4.74. The van der Waals surface area contributed by atoms with Crippen molar-refractivity contribution in [1.29, 1.82) is 0 Å². The molecule has 16 heavy (non-hydrogen) atoms. The summed E-state index contributed by atoms with van der Waals surface area (Å²) in [7, 11) is 1.52. The number of hydrogen-bond acceptors (Lipinski definition) is 3. The lowest BCUT2D eigenvalue weighted by Crippen LogP contribution is -1.92. The molecule has 0 amide bonds. The number of rotatable bonds is 5. The van der Waals surface area contributed by atoms with E-state index in [4.69, 9.17) is 16.3 Å². The van der Waals surface area contributed by atoms with Gasteiger partial charge in [0.15, 0.2) is 0 Å². The number of nitro benzene ring substituents is 1. The van der Waals surface area contributed by atoms with Crippen molar-refractivity contribution in [2.75, 3.05) is 13.0 Å². The van der Waals surface area contributed by atoms with E-state index in [1.807, 2.05) is 0 Å². The van der Waals surface area contributed by atoms with Crippen LogP contribution in [-0.4, -0.2) is 17.9 Å². The molecular weight excluding hydrogens is 230 g/mol. The number of nitrogens with zero attached hydrogens (tertiary/aromatic N) is 1. The molecule has 0 aliphatic rings. The van der Waals surface area contributed by atoms with Crippen LogP contribution in [0.25, 0.3) is 6.08 Å². The van der Waals surface area contributed by atoms with Gasteiger partial charge in [-0.15, -0.1) is 11.6 Å². The first kappa shape index (κ1) is 12.5. The van der Waals surface area contributed by atoms with Gasteiger partial charge in [0.05, 0.1) is 17.6 Å². The predicted octanol–water partition coefficient (Wildman–Crippen LogP) is 3.25. The van der Waals surface area contributed by atoms with Gasteiger partial charge in [0.1, 0.15) is 5.75 Å². The van der Waals surface area contributed by atoms with Crippen molar-refractivity contribution < 1.29 is 9.66 Å². The Labute approximate surface area is 98.6 Å². The highest BCUT2D eigenvalue weighted by molar-refractivity contribution is 6.17. The van der Waals surface area contributed by atoms with Crippen LogP contribution in [0, 0.1) is 10.1 Å². The van der Waals surface area contributed by atoms with Crippen LogP contribution in [-0.2, 0) is 0 Å². The first-order valence-corrected chi connectivity index (χ1v) is 5.27. The summed E-state index contributed by atoms with van der Waals surface area (Å²) in [6.07, 6.45) is 4.16. The second-order valence-electron chi connectivity index (χ2n) is 3.06. The molecule has 0 unspecified atom stereocenters. The molecule has 0 aliphatic carbocycles. The summed E-state index contributed by atoms with van der Waals surface area (Å²) >= 11 is 5.52. The molecule has 0 fully saturated rings. The molecule has 0 atom stereocenters. The van der Waals surface area contributed by atoms with E-state index < -0.39 is 4.92 Å². The van der Waals surface area contributed by atoms with Crippen molar-refractivity contribution in [3.8, 4) is 5.75 Å². The summed E-state index contributed by atoms with van der Waals surface area (Å²) in [5.74, 6) is 1.09. The van der Waals surface area contributed by atoms with E-state index >= 15 is 0 Å². The zero-order chi connectivity index (χ0) is 12.0. The van der Waals surface area contributed by atoms with Gasteiger partial charge < -0.3 is 4.74 Å². The average Bonchev–Trinajstić information content (AvgIpc) is 2.29. The number of hydrogen-bond donors (Lipinski definition) is 0. The lowest BCUT2D eigenvalue weighted by atomic mass is 10.1. The van der Waals surface area contributed by atoms with Gasteiger partial charge in [-0.25, -0.2) is 0 Å². The van der Waals surface area contributed by atoms with Crippen LogP contribution in [0.5, 0.6) is 5.75 Å². The minimum absolute atomic E-state index is 0.0617. The van der Waals surface area contributed by atoms with Gasteiger partial charge in [-0.1, -0.05) is 12.2 Å². The average molecular weight is 242 g/mol. The van der Waals surface area contributed by atoms with E-state index in [-0.39, 0.29) is 5.69 Å². The Morgan fingerprint density at radius 1 is 1.56 bits per heavy atom. The van der Waals surface area contributed by atoms with E-state index in [1.54, 1.807) is 24.3 Å². The van der Waals surface area contributed by atoms with Gasteiger partial charge in [-0.05, 0) is 18.6 Å². The maximum Gasteiger partial charge on any atom is 0.276 e. The lowest BCUT2D eigenvalue weighted by Gasteiger charge is -2.02. The van der Waals surface area contributed by atoms with Crippen LogP contribution >= 0.6 is 11.6 Å². The number of ether oxygens (including phenoxy) is 1. The van der Waals surface area contributed by atoms with Crippen molar-refractivity contribution in [3.05, 3.63) is 40.0 Å². The van der Waals surface area contributed by atoms with E-state index in [2.05, 4.69) is 0 Å². The van der Waals surface area contributed by atoms with Crippen molar-refractivity contribution in [3.63, 3.8) is 0 Å². The van der Waals surface area contributed by atoms with Crippen LogP contribution in [0.15, 0.2) is 24.3 Å². The van der Waals surface area contributed by atoms with Gasteiger partial charge in [-0.3, -0.25) is 10.1 Å². The van der Waals surface area contributed by atoms with Crippen LogP contribution < -0.4 is 4.74 Å². The van der Waals surface area contributed by atoms with Gasteiger partial charge in [0, 0.05) is 11.9 Å². The molecule has 0 spiro atoms. The fourth-order valence-electron chi connectivity index (χ4n) is 1.23. The number of halogens is 1. The molecular formula is C11H12ClNO3. The van der Waals surface area contributed by atoms with Gasteiger partial charge >= 0.3 is 0 Å². The molecule has 1 aromatic carbocycles. The summed E-state index contributed by atoms with van der Waals surface area (Å²) in [6, 6.07) is 4.62. The molecule has 0 radical (unpaired) electrons. The van der Waals surface area contributed by atoms with Crippen molar-refractivity contribution in [1.82, 2.24) is 0 Å². The third kappa shape index (κ3) is 3.24. The molecule has 0 N–H and O–H groups in total. The monoisotopic (exact) mass is 241 g/mol. The number of benzene rings is 1. The van der Waals surface area contributed by atoms with E-state index in [9.17, 15) is 10.1 Å². The highest BCUT2D eigenvalue weighted by atomic mass is 35.5. The topological polar surface area (TPSA) is 52.4 Å². The SMILES string of the molecule is COc1ccc([N+](=O)[O-])c(C=CCCCl)c1. The number of nitro groups is 1. The molecule has 0 heterocycles. The second-order valence-corrected chi connectivity index (χ2v) is 3.44. The first-order chi connectivity index (χ1) is 7.69. The maximum absolute atomic E-state index is 10.8. The van der Waals surface area contributed by atoms with Crippen molar-refractivity contribution in [2.45, 2.75) is 6.42 Å². The van der Waals surface area contributed by atoms with E-state index in [0.29, 0.717) is 23.6 Å². The Bertz CT molecular complexity index is 404. The quantitative estimate of drug-likeness (QED) is 0.452. The van der Waals surface area contributed by atoms with Gasteiger partial charge in [0.2, 0.25) is 0 Å². The molecule has 5 heteroatoms. The smallest absolute Gasteiger partial charge is 0.276 e. The minimum atomic E-state index is -0.417. The fourth-order valence-corrected chi connectivity index (χ4v) is 1.36. The third-order valence-corrected chi connectivity index (χ3v) is 2.22. The molecule has 0 saturated heterocycles. The number of methoxy groups -OCH3 is 1. The standard InChI is InChI=1S/C11H12ClNO3/c1-16-10-5-6-11(13(14)15)9(8-10)4-2-3-7-12/h2,4-6,8H,3,7H2,1H3. The van der Waals surface area contributed by atoms with Gasteiger partial charge in [-0.2, -0.15) is 0 Å². The largest absolute Gasteiger partial charge is 0.497 e. The minimum Gasteiger partial charge on any atom is -0.497 e. The van der Waals surface area contributed by atoms with E-state index in [1.165, 1.54) is 13.2 Å². The fraction of sp³-hybridized carbons (Fsp3) is 0.273. The Hall–Kier alpha value is -1.55. The van der Waals surface area contributed by atoms with Crippen LogP contribution in [0.2, 0.25) is 0 Å². The molecule has 0 bridgehead atoms. The van der Waals surface area contributed by atoms with Crippen LogP contribution in [0.4, 0.5) is 5.69 Å². The summed E-state index contributed by atoms with van der Waals surface area (Å²) in [6.45, 7) is 0. The zero-order valence-corrected chi connectivity index (χ0v) is 9.61. The van der Waals surface area contributed by atoms with Crippen LogP contribution in [0.3, 0.4) is 0 Å². The zero-order valence-electron chi connectivity index (χ0n) is 8.85. The van der Waals surface area contributed by atoms with Gasteiger partial charge in [0.25, 0.3) is 5.69 Å². The highest BCUT2D eigenvalue weighted by Gasteiger charge is 2.11. The lowest BCUT2D eigenvalue weighted by molar-refractivity contribution is -0.385. The Morgan fingerprint density at radius 3 is 2.88 bits per heavy atom. The molecule has 0 aromatic heterocycles.